The molecule has 1 N–H and O–H groups in total. The molecule has 0 radical (unpaired) electrons. The van der Waals surface area contributed by atoms with E-state index in [1.807, 2.05) is 0 Å². The predicted octanol–water partition coefficient (Wildman–Crippen LogP) is 2.00. The predicted molar refractivity (Wildman–Crippen MR) is 80.9 cm³/mol. The van der Waals surface area contributed by atoms with Gasteiger partial charge in [0.2, 0.25) is 5.91 Å². The molecule has 0 spiro atoms. The molecule has 112 valence electrons. The van der Waals surface area contributed by atoms with Crippen LogP contribution in [0.5, 0.6) is 0 Å². The van der Waals surface area contributed by atoms with Crippen molar-refractivity contribution in [2.75, 3.05) is 32.1 Å². The van der Waals surface area contributed by atoms with Crippen LogP contribution in [-0.4, -0.2) is 43.2 Å². The molecule has 0 bridgehead atoms. The minimum absolute atomic E-state index is 0.0990. The van der Waals surface area contributed by atoms with Gasteiger partial charge in [-0.1, -0.05) is 12.1 Å². The summed E-state index contributed by atoms with van der Waals surface area (Å²) in [5.74, 6) is -0.0990. The van der Waals surface area contributed by atoms with E-state index in [0.717, 1.165) is 25.9 Å². The van der Waals surface area contributed by atoms with Crippen LogP contribution in [0.25, 0.3) is 0 Å². The Balaban J connectivity index is 1.94. The van der Waals surface area contributed by atoms with Crippen molar-refractivity contribution in [2.24, 2.45) is 0 Å². The maximum atomic E-state index is 12.1. The molecule has 21 heavy (non-hydrogen) atoms. The molecule has 1 aliphatic rings. The summed E-state index contributed by atoms with van der Waals surface area (Å²) < 4.78 is 5.53. The van der Waals surface area contributed by atoms with Crippen molar-refractivity contribution in [1.29, 1.82) is 5.26 Å². The second-order valence-electron chi connectivity index (χ2n) is 5.67. The van der Waals surface area contributed by atoms with E-state index in [9.17, 15) is 4.79 Å². The lowest BCUT2D eigenvalue weighted by atomic mass is 9.95. The van der Waals surface area contributed by atoms with Gasteiger partial charge in [0.05, 0.1) is 23.4 Å². The highest BCUT2D eigenvalue weighted by atomic mass is 16.5. The Morgan fingerprint density at radius 2 is 2.29 bits per heavy atom. The van der Waals surface area contributed by atoms with Crippen molar-refractivity contribution in [3.63, 3.8) is 0 Å². The average molecular weight is 287 g/mol. The largest absolute Gasteiger partial charge is 0.377 e. The number of nitrogens with one attached hydrogen (secondary N) is 1. The maximum absolute atomic E-state index is 12.1. The summed E-state index contributed by atoms with van der Waals surface area (Å²) >= 11 is 0. The molecule has 5 nitrogen and oxygen atoms in total. The minimum Gasteiger partial charge on any atom is -0.377 e. The lowest BCUT2D eigenvalue weighted by molar-refractivity contribution is -0.119. The molecule has 0 aliphatic carbocycles. The number of nitrogens with zero attached hydrogens (tertiary/aromatic N) is 2. The van der Waals surface area contributed by atoms with Crippen molar-refractivity contribution >= 4 is 11.6 Å². The summed E-state index contributed by atoms with van der Waals surface area (Å²) in [5.41, 5.74) is 0.867. The molecule has 5 heteroatoms. The van der Waals surface area contributed by atoms with Gasteiger partial charge < -0.3 is 10.1 Å². The molecule has 0 saturated carbocycles. The SMILES string of the molecule is COC1(C)CCCN(CC(=O)Nc2ccccc2C#N)C1. The molecule has 1 saturated heterocycles. The Morgan fingerprint density at radius 3 is 3.00 bits per heavy atom. The highest BCUT2D eigenvalue weighted by Gasteiger charge is 2.31. The number of carbonyl (C=O) groups is 1. The summed E-state index contributed by atoms with van der Waals surface area (Å²) in [6.07, 6.45) is 2.03. The highest BCUT2D eigenvalue weighted by molar-refractivity contribution is 5.93. The van der Waals surface area contributed by atoms with Gasteiger partial charge in [0.25, 0.3) is 0 Å². The second-order valence-corrected chi connectivity index (χ2v) is 5.67. The molecule has 2 rings (SSSR count). The van der Waals surface area contributed by atoms with Crippen molar-refractivity contribution in [1.82, 2.24) is 4.90 Å². The summed E-state index contributed by atoms with van der Waals surface area (Å²) in [5, 5.41) is 11.8. The van der Waals surface area contributed by atoms with Crippen LogP contribution in [0, 0.1) is 11.3 Å². The van der Waals surface area contributed by atoms with E-state index >= 15 is 0 Å². The van der Waals surface area contributed by atoms with Crippen LogP contribution in [0.2, 0.25) is 0 Å². The third kappa shape index (κ3) is 4.03. The van der Waals surface area contributed by atoms with Crippen molar-refractivity contribution in [2.45, 2.75) is 25.4 Å². The number of nitriles is 1. The van der Waals surface area contributed by atoms with Crippen LogP contribution in [-0.2, 0) is 9.53 Å². The maximum Gasteiger partial charge on any atom is 0.238 e. The van der Waals surface area contributed by atoms with E-state index in [4.69, 9.17) is 10.00 Å². The standard InChI is InChI=1S/C16H21N3O2/c1-16(21-2)8-5-9-19(12-16)11-15(20)18-14-7-4-3-6-13(14)10-17/h3-4,6-7H,5,8-9,11-12H2,1-2H3,(H,18,20). The fourth-order valence-electron chi connectivity index (χ4n) is 2.69. The van der Waals surface area contributed by atoms with Crippen molar-refractivity contribution < 1.29 is 9.53 Å². The van der Waals surface area contributed by atoms with Gasteiger partial charge >= 0.3 is 0 Å². The fourth-order valence-corrected chi connectivity index (χ4v) is 2.69. The van der Waals surface area contributed by atoms with Crippen LogP contribution < -0.4 is 5.32 Å². The van der Waals surface area contributed by atoms with Gasteiger partial charge in [-0.15, -0.1) is 0 Å². The van der Waals surface area contributed by atoms with Crippen molar-refractivity contribution in [3.05, 3.63) is 29.8 Å². The lowest BCUT2D eigenvalue weighted by Gasteiger charge is -2.39. The number of rotatable bonds is 4. The van der Waals surface area contributed by atoms with Crippen LogP contribution >= 0.6 is 0 Å². The first-order valence-corrected chi connectivity index (χ1v) is 7.13. The van der Waals surface area contributed by atoms with Gasteiger partial charge in [-0.2, -0.15) is 5.26 Å². The number of methoxy groups -OCH3 is 1. The first-order valence-electron chi connectivity index (χ1n) is 7.13. The van der Waals surface area contributed by atoms with E-state index in [1.165, 1.54) is 0 Å². The number of likely N-dealkylation sites (tertiary alicyclic amines) is 1. The van der Waals surface area contributed by atoms with Gasteiger partial charge in [0.1, 0.15) is 6.07 Å². The molecule has 0 aromatic heterocycles. The van der Waals surface area contributed by atoms with E-state index in [2.05, 4.69) is 23.2 Å². The molecule has 1 aromatic carbocycles. The van der Waals surface area contributed by atoms with Crippen LogP contribution in [0.4, 0.5) is 5.69 Å². The smallest absolute Gasteiger partial charge is 0.238 e. The number of benzene rings is 1. The number of amides is 1. The quantitative estimate of drug-likeness (QED) is 0.920. The van der Waals surface area contributed by atoms with Gasteiger partial charge in [-0.3, -0.25) is 9.69 Å². The normalized spacial score (nSPS) is 22.5. The molecular formula is C16H21N3O2. The van der Waals surface area contributed by atoms with Crippen molar-refractivity contribution in [3.8, 4) is 6.07 Å². The van der Waals surface area contributed by atoms with E-state index in [-0.39, 0.29) is 11.5 Å². The second kappa shape index (κ2) is 6.70. The van der Waals surface area contributed by atoms with E-state index in [1.54, 1.807) is 31.4 Å². The Labute approximate surface area is 125 Å². The van der Waals surface area contributed by atoms with Gasteiger partial charge in [-0.05, 0) is 38.4 Å². The lowest BCUT2D eigenvalue weighted by Crippen LogP contribution is -2.49. The molecule has 1 fully saturated rings. The molecule has 1 heterocycles. The molecule has 1 aliphatic heterocycles. The Hall–Kier alpha value is -1.90. The number of anilines is 1. The van der Waals surface area contributed by atoms with Gasteiger partial charge in [0, 0.05) is 13.7 Å². The van der Waals surface area contributed by atoms with Crippen LogP contribution in [0.15, 0.2) is 24.3 Å². The van der Waals surface area contributed by atoms with Gasteiger partial charge in [-0.25, -0.2) is 0 Å². The van der Waals surface area contributed by atoms with Crippen LogP contribution in [0.3, 0.4) is 0 Å². The summed E-state index contributed by atoms with van der Waals surface area (Å²) in [6, 6.07) is 9.10. The summed E-state index contributed by atoms with van der Waals surface area (Å²) in [4.78, 5) is 14.2. The zero-order chi connectivity index (χ0) is 15.3. The highest BCUT2D eigenvalue weighted by Crippen LogP contribution is 2.23. The zero-order valence-electron chi connectivity index (χ0n) is 12.6. The molecule has 1 unspecified atom stereocenters. The van der Waals surface area contributed by atoms with E-state index < -0.39 is 0 Å². The topological polar surface area (TPSA) is 65.4 Å². The molecule has 1 aromatic rings. The molecular weight excluding hydrogens is 266 g/mol. The first-order chi connectivity index (χ1) is 10.1. The Morgan fingerprint density at radius 1 is 1.52 bits per heavy atom. The average Bonchev–Trinajstić information content (AvgIpc) is 2.48. The van der Waals surface area contributed by atoms with E-state index in [0.29, 0.717) is 17.8 Å². The Kier molecular flexibility index (Phi) is 4.94. The van der Waals surface area contributed by atoms with Gasteiger partial charge in [0.15, 0.2) is 0 Å². The molecule has 1 amide bonds. The Bertz CT molecular complexity index is 553. The van der Waals surface area contributed by atoms with Crippen LogP contribution in [0.1, 0.15) is 25.3 Å². The first kappa shape index (κ1) is 15.5. The third-order valence-corrected chi connectivity index (χ3v) is 3.92. The fraction of sp³-hybridized carbons (Fsp3) is 0.500. The summed E-state index contributed by atoms with van der Waals surface area (Å²) in [6.45, 7) is 4.03. The third-order valence-electron chi connectivity index (χ3n) is 3.92. The minimum atomic E-state index is -0.177. The number of hydrogen-bond donors (Lipinski definition) is 1. The summed E-state index contributed by atoms with van der Waals surface area (Å²) in [7, 11) is 1.72. The number of para-hydroxylation sites is 1. The number of hydrogen-bond acceptors (Lipinski definition) is 4. The number of piperidine rings is 1. The molecule has 1 atom stereocenters. The monoisotopic (exact) mass is 287 g/mol. The number of ether oxygens (including phenoxy) is 1. The number of carbonyl (C=O) groups excluding carboxylic acids is 1. The zero-order valence-corrected chi connectivity index (χ0v) is 12.6.